The number of ether oxygens (including phenoxy) is 1. The minimum Gasteiger partial charge on any atom is -0.493 e. The summed E-state index contributed by atoms with van der Waals surface area (Å²) in [6.45, 7) is 4.47. The third-order valence-electron chi connectivity index (χ3n) is 4.52. The van der Waals surface area contributed by atoms with Crippen molar-refractivity contribution in [3.05, 3.63) is 58.6 Å². The molecule has 3 rings (SSSR count). The highest BCUT2D eigenvalue weighted by molar-refractivity contribution is 6.34. The highest BCUT2D eigenvalue weighted by atomic mass is 35.5. The minimum atomic E-state index is -0.718. The lowest BCUT2D eigenvalue weighted by molar-refractivity contribution is -0.126. The fraction of sp³-hybridized carbons (Fsp3) is 0.333. The average molecular weight is 387 g/mol. The Hall–Kier alpha value is -2.53. The van der Waals surface area contributed by atoms with E-state index in [-0.39, 0.29) is 11.8 Å². The molecule has 0 saturated heterocycles. The average Bonchev–Trinajstić information content (AvgIpc) is 2.90. The molecule has 1 aliphatic heterocycles. The molecule has 1 N–H and O–H groups in total. The van der Waals surface area contributed by atoms with Crippen LogP contribution in [0.1, 0.15) is 43.9 Å². The van der Waals surface area contributed by atoms with E-state index >= 15 is 0 Å². The molecule has 6 heteroatoms. The van der Waals surface area contributed by atoms with E-state index in [0.29, 0.717) is 29.4 Å². The molecule has 5 nitrogen and oxygen atoms in total. The van der Waals surface area contributed by atoms with Crippen LogP contribution in [-0.2, 0) is 16.1 Å². The lowest BCUT2D eigenvalue weighted by atomic mass is 10.1. The molecule has 0 radical (unpaired) electrons. The first-order valence-electron chi connectivity index (χ1n) is 9.10. The van der Waals surface area contributed by atoms with E-state index in [0.717, 1.165) is 24.2 Å². The van der Waals surface area contributed by atoms with Crippen LogP contribution in [0.4, 0.5) is 5.69 Å². The zero-order valence-electron chi connectivity index (χ0n) is 15.5. The highest BCUT2D eigenvalue weighted by Gasteiger charge is 2.39. The van der Waals surface area contributed by atoms with Gasteiger partial charge in [-0.15, -0.1) is 0 Å². The summed E-state index contributed by atoms with van der Waals surface area (Å²) in [6.07, 6.45) is 2.02. The molecule has 1 aliphatic rings. The second-order valence-corrected chi connectivity index (χ2v) is 6.95. The van der Waals surface area contributed by atoms with Gasteiger partial charge < -0.3 is 15.0 Å². The molecule has 0 aliphatic carbocycles. The predicted molar refractivity (Wildman–Crippen MR) is 106 cm³/mol. The zero-order valence-corrected chi connectivity index (χ0v) is 16.3. The number of fused-ring (bicyclic) bond motifs is 1. The molecule has 1 heterocycles. The van der Waals surface area contributed by atoms with Crippen molar-refractivity contribution in [2.45, 2.75) is 39.3 Å². The molecule has 27 heavy (non-hydrogen) atoms. The third-order valence-corrected chi connectivity index (χ3v) is 4.82. The van der Waals surface area contributed by atoms with Gasteiger partial charge in [0.2, 0.25) is 5.91 Å². The Labute approximate surface area is 164 Å². The Kier molecular flexibility index (Phi) is 6.01. The van der Waals surface area contributed by atoms with Crippen LogP contribution in [0.15, 0.2) is 42.5 Å². The summed E-state index contributed by atoms with van der Waals surface area (Å²) in [4.78, 5) is 26.2. The Bertz CT molecular complexity index is 853. The number of nitrogens with zero attached hydrogens (tertiary/aromatic N) is 1. The maximum absolute atomic E-state index is 13.0. The molecule has 0 bridgehead atoms. The topological polar surface area (TPSA) is 58.6 Å². The smallest absolute Gasteiger partial charge is 0.254 e. The molecular formula is C21H23ClN2O3. The van der Waals surface area contributed by atoms with Gasteiger partial charge in [0.15, 0.2) is 0 Å². The van der Waals surface area contributed by atoms with Crippen LogP contribution < -0.4 is 15.0 Å². The van der Waals surface area contributed by atoms with E-state index in [1.807, 2.05) is 30.3 Å². The van der Waals surface area contributed by atoms with Gasteiger partial charge in [-0.05, 0) is 18.6 Å². The minimum absolute atomic E-state index is 0.198. The van der Waals surface area contributed by atoms with Crippen LogP contribution in [0.2, 0.25) is 5.02 Å². The molecule has 2 aromatic rings. The molecular weight excluding hydrogens is 364 g/mol. The molecule has 0 fully saturated rings. The maximum atomic E-state index is 13.0. The van der Waals surface area contributed by atoms with Crippen LogP contribution in [0.25, 0.3) is 0 Å². The molecule has 1 atom stereocenters. The number of unbranched alkanes of at least 4 members (excludes halogenated alkanes) is 1. The van der Waals surface area contributed by atoms with Gasteiger partial charge in [-0.3, -0.25) is 9.59 Å². The van der Waals surface area contributed by atoms with Gasteiger partial charge in [0.25, 0.3) is 5.91 Å². The van der Waals surface area contributed by atoms with Crippen LogP contribution in [0, 0.1) is 0 Å². The van der Waals surface area contributed by atoms with E-state index < -0.39 is 6.04 Å². The van der Waals surface area contributed by atoms with Crippen molar-refractivity contribution in [3.8, 4) is 5.75 Å². The van der Waals surface area contributed by atoms with Crippen molar-refractivity contribution < 1.29 is 14.3 Å². The van der Waals surface area contributed by atoms with Gasteiger partial charge in [0, 0.05) is 18.1 Å². The van der Waals surface area contributed by atoms with Gasteiger partial charge in [-0.2, -0.15) is 0 Å². The number of anilines is 1. The van der Waals surface area contributed by atoms with Gasteiger partial charge >= 0.3 is 0 Å². The SMILES string of the molecule is CCCCOc1ccccc1CN1C(=O)[C@@H](NC(C)=O)c2cccc(Cl)c21. The van der Waals surface area contributed by atoms with E-state index in [2.05, 4.69) is 12.2 Å². The van der Waals surface area contributed by atoms with Crippen molar-refractivity contribution in [1.82, 2.24) is 5.32 Å². The number of hydrogen-bond acceptors (Lipinski definition) is 3. The number of hydrogen-bond donors (Lipinski definition) is 1. The lowest BCUT2D eigenvalue weighted by Gasteiger charge is -2.21. The van der Waals surface area contributed by atoms with Crippen molar-refractivity contribution in [2.75, 3.05) is 11.5 Å². The van der Waals surface area contributed by atoms with E-state index in [9.17, 15) is 9.59 Å². The summed E-state index contributed by atoms with van der Waals surface area (Å²) >= 11 is 6.40. The fourth-order valence-electron chi connectivity index (χ4n) is 3.22. The number of halogens is 1. The van der Waals surface area contributed by atoms with Crippen molar-refractivity contribution in [3.63, 3.8) is 0 Å². The van der Waals surface area contributed by atoms with Gasteiger partial charge in [0.05, 0.1) is 23.9 Å². The molecule has 2 aromatic carbocycles. The molecule has 2 amide bonds. The summed E-state index contributed by atoms with van der Waals surface area (Å²) < 4.78 is 5.89. The standard InChI is InChI=1S/C21H23ClN2O3/c1-3-4-12-27-18-11-6-5-8-15(18)13-24-20-16(9-7-10-17(20)22)19(21(24)26)23-14(2)25/h5-11,19H,3-4,12-13H2,1-2H3,(H,23,25)/t19-/m0/s1. The largest absolute Gasteiger partial charge is 0.493 e. The summed E-state index contributed by atoms with van der Waals surface area (Å²) in [5.74, 6) is 0.302. The molecule has 0 saturated carbocycles. The first-order chi connectivity index (χ1) is 13.0. The molecule has 0 aromatic heterocycles. The Morgan fingerprint density at radius 2 is 2.00 bits per heavy atom. The van der Waals surface area contributed by atoms with Crippen LogP contribution in [0.5, 0.6) is 5.75 Å². The van der Waals surface area contributed by atoms with Crippen LogP contribution in [-0.4, -0.2) is 18.4 Å². The maximum Gasteiger partial charge on any atom is 0.254 e. The summed E-state index contributed by atoms with van der Waals surface area (Å²) in [6, 6.07) is 12.3. The van der Waals surface area contributed by atoms with E-state index in [1.165, 1.54) is 6.92 Å². The summed E-state index contributed by atoms with van der Waals surface area (Å²) in [7, 11) is 0. The summed E-state index contributed by atoms with van der Waals surface area (Å²) in [5.41, 5.74) is 2.26. The monoisotopic (exact) mass is 386 g/mol. The van der Waals surface area contributed by atoms with Crippen molar-refractivity contribution in [1.29, 1.82) is 0 Å². The number of carbonyl (C=O) groups excluding carboxylic acids is 2. The normalized spacial score (nSPS) is 15.6. The number of nitrogens with one attached hydrogen (secondary N) is 1. The predicted octanol–water partition coefficient (Wildman–Crippen LogP) is 4.24. The Morgan fingerprint density at radius 1 is 1.22 bits per heavy atom. The fourth-order valence-corrected chi connectivity index (χ4v) is 3.50. The number of para-hydroxylation sites is 2. The zero-order chi connectivity index (χ0) is 19.4. The van der Waals surface area contributed by atoms with Gasteiger partial charge in [-0.1, -0.05) is 55.3 Å². The first-order valence-corrected chi connectivity index (χ1v) is 9.48. The summed E-state index contributed by atoms with van der Waals surface area (Å²) in [5, 5.41) is 3.21. The van der Waals surface area contributed by atoms with Crippen molar-refractivity contribution in [2.24, 2.45) is 0 Å². The second kappa shape index (κ2) is 8.44. The van der Waals surface area contributed by atoms with Crippen LogP contribution >= 0.6 is 11.6 Å². The van der Waals surface area contributed by atoms with Gasteiger partial charge in [-0.25, -0.2) is 0 Å². The van der Waals surface area contributed by atoms with E-state index in [4.69, 9.17) is 16.3 Å². The molecule has 0 spiro atoms. The molecule has 142 valence electrons. The number of benzene rings is 2. The lowest BCUT2D eigenvalue weighted by Crippen LogP contribution is -2.36. The highest BCUT2D eigenvalue weighted by Crippen LogP contribution is 2.42. The molecule has 0 unspecified atom stereocenters. The van der Waals surface area contributed by atoms with Crippen LogP contribution in [0.3, 0.4) is 0 Å². The Balaban J connectivity index is 1.92. The van der Waals surface area contributed by atoms with Crippen molar-refractivity contribution >= 4 is 29.1 Å². The second-order valence-electron chi connectivity index (χ2n) is 6.55. The number of amides is 2. The number of rotatable bonds is 7. The van der Waals surface area contributed by atoms with Gasteiger partial charge in [0.1, 0.15) is 11.8 Å². The van der Waals surface area contributed by atoms with E-state index in [1.54, 1.807) is 17.0 Å². The number of carbonyl (C=O) groups is 2. The first kappa shape index (κ1) is 19.2. The third kappa shape index (κ3) is 4.08. The Morgan fingerprint density at radius 3 is 2.74 bits per heavy atom. The quantitative estimate of drug-likeness (QED) is 0.724.